The van der Waals surface area contributed by atoms with Crippen molar-refractivity contribution in [1.82, 2.24) is 19.7 Å². The van der Waals surface area contributed by atoms with E-state index in [4.69, 9.17) is 10.00 Å². The topological polar surface area (TPSA) is 133 Å². The van der Waals surface area contributed by atoms with Crippen LogP contribution in [0, 0.1) is 28.6 Å². The van der Waals surface area contributed by atoms with Crippen molar-refractivity contribution in [2.24, 2.45) is 5.92 Å². The van der Waals surface area contributed by atoms with Gasteiger partial charge in [0, 0.05) is 35.9 Å². The van der Waals surface area contributed by atoms with E-state index in [0.29, 0.717) is 44.1 Å². The molecule has 10 nitrogen and oxygen atoms in total. The van der Waals surface area contributed by atoms with Gasteiger partial charge in [0.2, 0.25) is 5.95 Å². The van der Waals surface area contributed by atoms with Gasteiger partial charge >= 0.3 is 6.09 Å². The van der Waals surface area contributed by atoms with Crippen LogP contribution in [0.15, 0.2) is 48.9 Å². The second kappa shape index (κ2) is 8.83. The summed E-state index contributed by atoms with van der Waals surface area (Å²) in [6.45, 7) is 1.10. The number of hydrogen-bond acceptors (Lipinski definition) is 8. The monoisotopic (exact) mass is 454 g/mol. The molecule has 0 bridgehead atoms. The Morgan fingerprint density at radius 3 is 2.76 bits per heavy atom. The Balaban J connectivity index is 1.31. The van der Waals surface area contributed by atoms with Crippen molar-refractivity contribution >= 4 is 23.4 Å². The van der Waals surface area contributed by atoms with Crippen molar-refractivity contribution in [3.05, 3.63) is 48.9 Å². The number of benzene rings is 1. The standard InChI is InChI=1S/C24H22N8O2/c25-8-7-24(12-17(13-24)14-26)32-16-18(15-28-32)21-6-9-27-22(30-21)29-19-2-4-20(5-3-19)31-10-1-11-34-23(31)33/h2-6,9,15-17H,1,7,10-13H2,(H,27,29,30). The molecule has 0 atom stereocenters. The minimum atomic E-state index is -0.427. The molecule has 1 aliphatic heterocycles. The Morgan fingerprint density at radius 1 is 1.21 bits per heavy atom. The number of nitrogens with one attached hydrogen (secondary N) is 1. The van der Waals surface area contributed by atoms with Crippen LogP contribution in [0.5, 0.6) is 0 Å². The zero-order chi connectivity index (χ0) is 23.5. The lowest BCUT2D eigenvalue weighted by atomic mass is 9.67. The molecule has 1 aromatic carbocycles. The van der Waals surface area contributed by atoms with Crippen LogP contribution in [0.1, 0.15) is 25.7 Å². The van der Waals surface area contributed by atoms with Crippen LogP contribution in [-0.4, -0.2) is 39.0 Å². The Kier molecular flexibility index (Phi) is 5.56. The molecule has 1 amide bonds. The van der Waals surface area contributed by atoms with Gasteiger partial charge in [-0.2, -0.15) is 15.6 Å². The molecular formula is C24H22N8O2. The van der Waals surface area contributed by atoms with Gasteiger partial charge in [0.15, 0.2) is 0 Å². The van der Waals surface area contributed by atoms with E-state index in [2.05, 4.69) is 32.5 Å². The van der Waals surface area contributed by atoms with Gasteiger partial charge in [0.25, 0.3) is 0 Å². The lowest BCUT2D eigenvalue weighted by Gasteiger charge is -2.43. The number of anilines is 3. The van der Waals surface area contributed by atoms with E-state index in [9.17, 15) is 10.1 Å². The quantitative estimate of drug-likeness (QED) is 0.591. The first-order valence-corrected chi connectivity index (χ1v) is 11.1. The molecule has 0 spiro atoms. The van der Waals surface area contributed by atoms with Crippen molar-refractivity contribution in [2.75, 3.05) is 23.4 Å². The van der Waals surface area contributed by atoms with Gasteiger partial charge in [-0.05, 0) is 49.6 Å². The molecule has 170 valence electrons. The number of ether oxygens (including phenoxy) is 1. The second-order valence-corrected chi connectivity index (χ2v) is 8.52. The molecule has 2 aliphatic rings. The van der Waals surface area contributed by atoms with E-state index in [-0.39, 0.29) is 12.0 Å². The van der Waals surface area contributed by atoms with Crippen LogP contribution in [0.3, 0.4) is 0 Å². The van der Waals surface area contributed by atoms with E-state index < -0.39 is 5.54 Å². The van der Waals surface area contributed by atoms with Crippen LogP contribution in [0.2, 0.25) is 0 Å². The number of carbonyl (C=O) groups excluding carboxylic acids is 1. The first-order valence-electron chi connectivity index (χ1n) is 11.1. The molecule has 2 fully saturated rings. The Hall–Kier alpha value is -4.44. The third kappa shape index (κ3) is 4.02. The largest absolute Gasteiger partial charge is 0.449 e. The highest BCUT2D eigenvalue weighted by atomic mass is 16.6. The van der Waals surface area contributed by atoms with Gasteiger partial charge in [0.1, 0.15) is 0 Å². The lowest BCUT2D eigenvalue weighted by Crippen LogP contribution is -2.46. The van der Waals surface area contributed by atoms with Gasteiger partial charge in [-0.3, -0.25) is 9.58 Å². The Bertz CT molecular complexity index is 1280. The predicted molar refractivity (Wildman–Crippen MR) is 123 cm³/mol. The van der Waals surface area contributed by atoms with Gasteiger partial charge < -0.3 is 10.1 Å². The minimum absolute atomic E-state index is 0.0391. The van der Waals surface area contributed by atoms with Crippen LogP contribution in [0.4, 0.5) is 22.1 Å². The maximum atomic E-state index is 11.9. The van der Waals surface area contributed by atoms with Crippen molar-refractivity contribution in [2.45, 2.75) is 31.2 Å². The number of aromatic nitrogens is 4. The summed E-state index contributed by atoms with van der Waals surface area (Å²) in [6.07, 6.45) is 7.30. The van der Waals surface area contributed by atoms with Crippen LogP contribution in [-0.2, 0) is 10.3 Å². The van der Waals surface area contributed by atoms with Crippen LogP contribution < -0.4 is 10.2 Å². The van der Waals surface area contributed by atoms with E-state index in [1.807, 2.05) is 30.5 Å². The van der Waals surface area contributed by atoms with Crippen LogP contribution in [0.25, 0.3) is 11.3 Å². The number of rotatable bonds is 6. The van der Waals surface area contributed by atoms with E-state index in [0.717, 1.165) is 23.4 Å². The highest BCUT2D eigenvalue weighted by molar-refractivity contribution is 5.88. The number of nitrogens with zero attached hydrogens (tertiary/aromatic N) is 7. The number of cyclic esters (lactones) is 1. The van der Waals surface area contributed by atoms with Gasteiger partial charge in [-0.15, -0.1) is 0 Å². The summed E-state index contributed by atoms with van der Waals surface area (Å²) in [5, 5.41) is 26.1. The van der Waals surface area contributed by atoms with E-state index >= 15 is 0 Å². The van der Waals surface area contributed by atoms with Crippen molar-refractivity contribution in [3.8, 4) is 23.4 Å². The third-order valence-corrected chi connectivity index (χ3v) is 6.27. The molecule has 2 aromatic heterocycles. The average molecular weight is 454 g/mol. The maximum Gasteiger partial charge on any atom is 0.414 e. The summed E-state index contributed by atoms with van der Waals surface area (Å²) in [7, 11) is 0. The summed E-state index contributed by atoms with van der Waals surface area (Å²) < 4.78 is 6.90. The van der Waals surface area contributed by atoms with Gasteiger partial charge in [-0.1, -0.05) is 0 Å². The Morgan fingerprint density at radius 2 is 2.03 bits per heavy atom. The fourth-order valence-electron chi connectivity index (χ4n) is 4.44. The van der Waals surface area contributed by atoms with Crippen molar-refractivity contribution in [1.29, 1.82) is 10.5 Å². The van der Waals surface area contributed by atoms with Gasteiger partial charge in [0.05, 0.1) is 48.5 Å². The number of amides is 1. The number of nitriles is 2. The molecule has 0 unspecified atom stereocenters. The molecule has 34 heavy (non-hydrogen) atoms. The Labute approximate surface area is 196 Å². The van der Waals surface area contributed by atoms with E-state index in [1.165, 1.54) is 0 Å². The minimum Gasteiger partial charge on any atom is -0.449 e. The smallest absolute Gasteiger partial charge is 0.414 e. The molecule has 5 rings (SSSR count). The SMILES string of the molecule is N#CCC1(n2cc(-c3ccnc(Nc4ccc(N5CCCOC5=O)cc4)n3)cn2)CC(C#N)C1. The van der Waals surface area contributed by atoms with Crippen molar-refractivity contribution in [3.63, 3.8) is 0 Å². The molecule has 1 saturated heterocycles. The summed E-state index contributed by atoms with van der Waals surface area (Å²) in [5.74, 6) is 0.387. The second-order valence-electron chi connectivity index (χ2n) is 8.52. The molecule has 3 heterocycles. The third-order valence-electron chi connectivity index (χ3n) is 6.27. The number of hydrogen-bond donors (Lipinski definition) is 1. The molecule has 10 heteroatoms. The molecule has 1 saturated carbocycles. The highest BCUT2D eigenvalue weighted by Crippen LogP contribution is 2.46. The summed E-state index contributed by atoms with van der Waals surface area (Å²) in [4.78, 5) is 22.4. The molecule has 1 aliphatic carbocycles. The summed E-state index contributed by atoms with van der Waals surface area (Å²) >= 11 is 0. The predicted octanol–water partition coefficient (Wildman–Crippen LogP) is 3.97. The van der Waals surface area contributed by atoms with Crippen molar-refractivity contribution < 1.29 is 9.53 Å². The molecule has 0 radical (unpaired) electrons. The first-order chi connectivity index (χ1) is 16.6. The molecular weight excluding hydrogens is 432 g/mol. The lowest BCUT2D eigenvalue weighted by molar-refractivity contribution is 0.0882. The molecule has 1 N–H and O–H groups in total. The fraction of sp³-hybridized carbons (Fsp3) is 0.333. The fourth-order valence-corrected chi connectivity index (χ4v) is 4.44. The first kappa shape index (κ1) is 21.4. The maximum absolute atomic E-state index is 11.9. The molecule has 3 aromatic rings. The zero-order valence-electron chi connectivity index (χ0n) is 18.4. The van der Waals surface area contributed by atoms with Crippen LogP contribution >= 0.6 is 0 Å². The van der Waals surface area contributed by atoms with Gasteiger partial charge in [-0.25, -0.2) is 14.8 Å². The van der Waals surface area contributed by atoms with E-state index in [1.54, 1.807) is 28.0 Å². The zero-order valence-corrected chi connectivity index (χ0v) is 18.4. The number of carbonyl (C=O) groups is 1. The highest BCUT2D eigenvalue weighted by Gasteiger charge is 2.46. The average Bonchev–Trinajstić information content (AvgIpc) is 3.33. The summed E-state index contributed by atoms with van der Waals surface area (Å²) in [6, 6.07) is 13.7. The summed E-state index contributed by atoms with van der Waals surface area (Å²) in [5.41, 5.74) is 2.64. The normalized spacial score (nSPS) is 21.6.